The van der Waals surface area contributed by atoms with E-state index < -0.39 is 11.1 Å². The fraction of sp³-hybridized carbons (Fsp3) is 0.538. The van der Waals surface area contributed by atoms with E-state index in [2.05, 4.69) is 5.32 Å². The van der Waals surface area contributed by atoms with E-state index in [0.29, 0.717) is 13.1 Å². The number of hydrogen-bond donors (Lipinski definition) is 2. The summed E-state index contributed by atoms with van der Waals surface area (Å²) in [6.45, 7) is 1.09. The van der Waals surface area contributed by atoms with Gasteiger partial charge in [0.05, 0.1) is 5.60 Å². The van der Waals surface area contributed by atoms with Crippen molar-refractivity contribution in [3.05, 3.63) is 29.8 Å². The molecule has 1 aliphatic carbocycles. The van der Waals surface area contributed by atoms with Crippen LogP contribution >= 0.6 is 11.8 Å². The molecule has 0 bridgehead atoms. The highest BCUT2D eigenvalue weighted by Gasteiger charge is 2.33. The Morgan fingerprint density at radius 2 is 1.84 bits per heavy atom. The summed E-state index contributed by atoms with van der Waals surface area (Å²) in [6, 6.07) is 6.28. The van der Waals surface area contributed by atoms with Gasteiger partial charge in [-0.2, -0.15) is 13.2 Å². The van der Waals surface area contributed by atoms with Crippen molar-refractivity contribution in [1.82, 2.24) is 5.32 Å². The van der Waals surface area contributed by atoms with Crippen LogP contribution in [0.4, 0.5) is 13.2 Å². The third-order valence-corrected chi connectivity index (χ3v) is 3.96. The molecule has 0 saturated heterocycles. The molecule has 1 aliphatic rings. The maximum atomic E-state index is 12.1. The number of benzene rings is 1. The second-order valence-electron chi connectivity index (χ2n) is 4.87. The molecule has 0 amide bonds. The number of rotatable bonds is 5. The van der Waals surface area contributed by atoms with Crippen LogP contribution in [-0.2, 0) is 6.54 Å². The van der Waals surface area contributed by atoms with Crippen LogP contribution in [0.5, 0.6) is 0 Å². The zero-order chi connectivity index (χ0) is 13.9. The second kappa shape index (κ2) is 5.73. The van der Waals surface area contributed by atoms with Gasteiger partial charge in [-0.1, -0.05) is 12.1 Å². The van der Waals surface area contributed by atoms with E-state index >= 15 is 0 Å². The van der Waals surface area contributed by atoms with E-state index in [0.717, 1.165) is 24.8 Å². The molecular formula is C13H16F3NOS. The predicted molar refractivity (Wildman–Crippen MR) is 68.9 cm³/mol. The van der Waals surface area contributed by atoms with Crippen molar-refractivity contribution in [2.75, 3.05) is 6.54 Å². The van der Waals surface area contributed by atoms with E-state index in [9.17, 15) is 18.3 Å². The van der Waals surface area contributed by atoms with Crippen molar-refractivity contribution in [1.29, 1.82) is 0 Å². The maximum absolute atomic E-state index is 12.1. The summed E-state index contributed by atoms with van der Waals surface area (Å²) in [4.78, 5) is 0.189. The molecule has 1 aromatic rings. The van der Waals surface area contributed by atoms with Gasteiger partial charge in [0.15, 0.2) is 0 Å². The summed E-state index contributed by atoms with van der Waals surface area (Å²) in [5.74, 6) is 0. The van der Waals surface area contributed by atoms with Gasteiger partial charge < -0.3 is 10.4 Å². The Labute approximate surface area is 114 Å². The summed E-state index contributed by atoms with van der Waals surface area (Å²) in [5, 5.41) is 13.0. The van der Waals surface area contributed by atoms with Crippen molar-refractivity contribution < 1.29 is 18.3 Å². The number of hydrogen-bond acceptors (Lipinski definition) is 3. The van der Waals surface area contributed by atoms with E-state index in [1.165, 1.54) is 12.1 Å². The zero-order valence-corrected chi connectivity index (χ0v) is 11.2. The predicted octanol–water partition coefficient (Wildman–Crippen LogP) is 3.30. The van der Waals surface area contributed by atoms with Gasteiger partial charge in [0.25, 0.3) is 0 Å². The van der Waals surface area contributed by atoms with Gasteiger partial charge in [0.2, 0.25) is 0 Å². The van der Waals surface area contributed by atoms with Crippen LogP contribution in [-0.4, -0.2) is 22.8 Å². The minimum Gasteiger partial charge on any atom is -0.389 e. The van der Waals surface area contributed by atoms with Gasteiger partial charge in [-0.15, -0.1) is 0 Å². The average molecular weight is 291 g/mol. The molecule has 0 spiro atoms. The molecule has 0 heterocycles. The van der Waals surface area contributed by atoms with Gasteiger partial charge in [0, 0.05) is 18.0 Å². The first-order chi connectivity index (χ1) is 8.86. The molecule has 0 atom stereocenters. The summed E-state index contributed by atoms with van der Waals surface area (Å²) in [6.07, 6.45) is 2.70. The van der Waals surface area contributed by atoms with E-state index in [1.54, 1.807) is 12.1 Å². The Bertz CT molecular complexity index is 415. The van der Waals surface area contributed by atoms with Gasteiger partial charge in [-0.05, 0) is 48.7 Å². The van der Waals surface area contributed by atoms with Gasteiger partial charge in [-0.3, -0.25) is 0 Å². The molecule has 0 radical (unpaired) electrons. The third kappa shape index (κ3) is 4.71. The molecule has 106 valence electrons. The first-order valence-corrected chi connectivity index (χ1v) is 6.96. The summed E-state index contributed by atoms with van der Waals surface area (Å²) >= 11 is -0.110. The molecule has 1 aromatic carbocycles. The topological polar surface area (TPSA) is 32.3 Å². The van der Waals surface area contributed by atoms with Crippen LogP contribution in [0.3, 0.4) is 0 Å². The lowest BCUT2D eigenvalue weighted by Crippen LogP contribution is -2.45. The van der Waals surface area contributed by atoms with Crippen LogP contribution in [0.25, 0.3) is 0 Å². The minimum atomic E-state index is -4.24. The smallest absolute Gasteiger partial charge is 0.389 e. The fourth-order valence-corrected chi connectivity index (χ4v) is 2.55. The molecule has 2 nitrogen and oxygen atoms in total. The van der Waals surface area contributed by atoms with Crippen LogP contribution in [0.1, 0.15) is 24.8 Å². The van der Waals surface area contributed by atoms with Crippen molar-refractivity contribution in [2.24, 2.45) is 0 Å². The highest BCUT2D eigenvalue weighted by molar-refractivity contribution is 8.00. The minimum absolute atomic E-state index is 0.110. The molecule has 0 unspecified atom stereocenters. The maximum Gasteiger partial charge on any atom is 0.446 e. The summed E-state index contributed by atoms with van der Waals surface area (Å²) in [5.41, 5.74) is -3.91. The first-order valence-electron chi connectivity index (χ1n) is 6.14. The van der Waals surface area contributed by atoms with Crippen molar-refractivity contribution in [2.45, 2.75) is 41.8 Å². The van der Waals surface area contributed by atoms with Crippen molar-refractivity contribution in [3.63, 3.8) is 0 Å². The Hall–Kier alpha value is -0.720. The molecular weight excluding hydrogens is 275 g/mol. The Morgan fingerprint density at radius 3 is 2.32 bits per heavy atom. The monoisotopic (exact) mass is 291 g/mol. The number of halogens is 3. The van der Waals surface area contributed by atoms with Crippen LogP contribution in [0, 0.1) is 0 Å². The van der Waals surface area contributed by atoms with Gasteiger partial charge >= 0.3 is 5.51 Å². The zero-order valence-electron chi connectivity index (χ0n) is 10.3. The second-order valence-corrected chi connectivity index (χ2v) is 6.01. The van der Waals surface area contributed by atoms with Crippen molar-refractivity contribution >= 4 is 11.8 Å². The number of alkyl halides is 3. The SMILES string of the molecule is OC1(CNCc2ccc(SC(F)(F)F)cc2)CCC1. The number of nitrogens with one attached hydrogen (secondary N) is 1. The molecule has 2 rings (SSSR count). The fourth-order valence-electron chi connectivity index (χ4n) is 2.01. The highest BCUT2D eigenvalue weighted by Crippen LogP contribution is 2.36. The van der Waals surface area contributed by atoms with Gasteiger partial charge in [-0.25, -0.2) is 0 Å². The third-order valence-electron chi connectivity index (χ3n) is 3.22. The lowest BCUT2D eigenvalue weighted by molar-refractivity contribution is -0.0330. The quantitative estimate of drug-likeness (QED) is 0.816. The van der Waals surface area contributed by atoms with Gasteiger partial charge in [0.1, 0.15) is 0 Å². The molecule has 1 fully saturated rings. The van der Waals surface area contributed by atoms with E-state index in [1.807, 2.05) is 0 Å². The largest absolute Gasteiger partial charge is 0.446 e. The van der Waals surface area contributed by atoms with Crippen LogP contribution < -0.4 is 5.32 Å². The number of aliphatic hydroxyl groups is 1. The van der Waals surface area contributed by atoms with Crippen LogP contribution in [0.15, 0.2) is 29.2 Å². The highest BCUT2D eigenvalue weighted by atomic mass is 32.2. The van der Waals surface area contributed by atoms with E-state index in [-0.39, 0.29) is 16.7 Å². The average Bonchev–Trinajstić information content (AvgIpc) is 2.27. The lowest BCUT2D eigenvalue weighted by atomic mass is 9.80. The Kier molecular flexibility index (Phi) is 4.43. The standard InChI is InChI=1S/C13H16F3NOS/c14-13(15,16)19-11-4-2-10(3-5-11)8-17-9-12(18)6-1-7-12/h2-5,17-18H,1,6-9H2. The summed E-state index contributed by atoms with van der Waals surface area (Å²) < 4.78 is 36.4. The molecule has 2 N–H and O–H groups in total. The van der Waals surface area contributed by atoms with Crippen LogP contribution in [0.2, 0.25) is 0 Å². The lowest BCUT2D eigenvalue weighted by Gasteiger charge is -2.36. The molecule has 19 heavy (non-hydrogen) atoms. The first kappa shape index (κ1) is 14.7. The molecule has 0 aliphatic heterocycles. The summed E-state index contributed by atoms with van der Waals surface area (Å²) in [7, 11) is 0. The molecule has 1 saturated carbocycles. The molecule has 6 heteroatoms. The Morgan fingerprint density at radius 1 is 1.21 bits per heavy atom. The molecule has 0 aromatic heterocycles. The van der Waals surface area contributed by atoms with E-state index in [4.69, 9.17) is 0 Å². The Balaban J connectivity index is 1.78. The number of thioether (sulfide) groups is 1. The normalized spacial score (nSPS) is 18.1. The van der Waals surface area contributed by atoms with Crippen molar-refractivity contribution in [3.8, 4) is 0 Å².